The summed E-state index contributed by atoms with van der Waals surface area (Å²) in [5.41, 5.74) is 0. The molecule has 1 aliphatic heterocycles. The summed E-state index contributed by atoms with van der Waals surface area (Å²) in [5, 5.41) is 0.0162. The normalized spacial score (nSPS) is 35.8. The average molecular weight is 147 g/mol. The van der Waals surface area contributed by atoms with Crippen LogP contribution in [0.4, 0.5) is 0 Å². The maximum atomic E-state index is 10.9. The van der Waals surface area contributed by atoms with Gasteiger partial charge in [-0.2, -0.15) is 0 Å². The first-order valence-electron chi connectivity index (χ1n) is 2.80. The van der Waals surface area contributed by atoms with Gasteiger partial charge >= 0.3 is 0 Å². The van der Waals surface area contributed by atoms with Crippen molar-refractivity contribution in [2.45, 2.75) is 18.6 Å². The zero-order chi connectivity index (χ0) is 7.02. The van der Waals surface area contributed by atoms with Crippen LogP contribution in [0.1, 0.15) is 13.3 Å². The maximum absolute atomic E-state index is 10.9. The molecular weight excluding hydrogens is 138 g/mol. The Morgan fingerprint density at radius 2 is 2.33 bits per heavy atom. The Bertz CT molecular complexity index is 168. The molecule has 0 radical (unpaired) electrons. The van der Waals surface area contributed by atoms with Gasteiger partial charge in [0, 0.05) is 13.5 Å². The lowest BCUT2D eigenvalue weighted by Gasteiger charge is -2.04. The van der Waals surface area contributed by atoms with Crippen LogP contribution in [-0.2, 0) is 15.8 Å². The summed E-state index contributed by atoms with van der Waals surface area (Å²) >= 11 is 0. The molecule has 2 atom stereocenters. The highest BCUT2D eigenvalue weighted by Crippen LogP contribution is 2.15. The number of hydrogen-bond donors (Lipinski definition) is 0. The van der Waals surface area contributed by atoms with E-state index < -0.39 is 11.0 Å². The molecule has 4 heteroatoms. The van der Waals surface area contributed by atoms with E-state index in [9.17, 15) is 9.00 Å². The van der Waals surface area contributed by atoms with E-state index in [1.54, 1.807) is 7.05 Å². The maximum Gasteiger partial charge on any atom is 0.235 e. The van der Waals surface area contributed by atoms with Gasteiger partial charge in [-0.25, -0.2) is 4.21 Å². The van der Waals surface area contributed by atoms with Gasteiger partial charge in [0.2, 0.25) is 5.91 Å². The van der Waals surface area contributed by atoms with Crippen molar-refractivity contribution in [3.63, 3.8) is 0 Å². The van der Waals surface area contributed by atoms with Gasteiger partial charge < -0.3 is 0 Å². The molecule has 3 nitrogen and oxygen atoms in total. The van der Waals surface area contributed by atoms with E-state index in [1.807, 2.05) is 6.92 Å². The fourth-order valence-electron chi connectivity index (χ4n) is 0.816. The van der Waals surface area contributed by atoms with Gasteiger partial charge in [-0.05, 0) is 6.92 Å². The number of amides is 1. The molecule has 0 aromatic rings. The fourth-order valence-corrected chi connectivity index (χ4v) is 1.92. The minimum atomic E-state index is -1.06. The summed E-state index contributed by atoms with van der Waals surface area (Å²) in [6.45, 7) is 1.82. The van der Waals surface area contributed by atoms with Crippen LogP contribution < -0.4 is 0 Å². The zero-order valence-corrected chi connectivity index (χ0v) is 6.27. The summed E-state index contributed by atoms with van der Waals surface area (Å²) in [6, 6.07) is 0. The van der Waals surface area contributed by atoms with E-state index in [-0.39, 0.29) is 11.2 Å². The van der Waals surface area contributed by atoms with Crippen LogP contribution in [0, 0.1) is 0 Å². The predicted octanol–water partition coefficient (Wildman–Crippen LogP) is -0.0993. The quantitative estimate of drug-likeness (QED) is 0.480. The highest BCUT2D eigenvalue weighted by molar-refractivity contribution is 7.84. The van der Waals surface area contributed by atoms with Crippen molar-refractivity contribution in [2.75, 3.05) is 7.05 Å². The van der Waals surface area contributed by atoms with E-state index in [0.717, 1.165) is 0 Å². The lowest BCUT2D eigenvalue weighted by atomic mass is 10.3. The predicted molar refractivity (Wildman–Crippen MR) is 35.0 cm³/mol. The van der Waals surface area contributed by atoms with E-state index in [2.05, 4.69) is 0 Å². The first kappa shape index (κ1) is 6.74. The molecule has 0 spiro atoms. The number of rotatable bonds is 0. The summed E-state index contributed by atoms with van der Waals surface area (Å²) < 4.78 is 12.2. The fraction of sp³-hybridized carbons (Fsp3) is 0.800. The minimum Gasteiger partial charge on any atom is -0.274 e. The van der Waals surface area contributed by atoms with Crippen LogP contribution in [0.3, 0.4) is 0 Å². The summed E-state index contributed by atoms with van der Waals surface area (Å²) in [5.74, 6) is -0.0131. The van der Waals surface area contributed by atoms with Gasteiger partial charge in [0.25, 0.3) is 0 Å². The summed E-state index contributed by atoms with van der Waals surface area (Å²) in [6.07, 6.45) is 0.434. The van der Waals surface area contributed by atoms with Crippen molar-refractivity contribution in [1.29, 1.82) is 0 Å². The molecule has 1 aliphatic rings. The Kier molecular flexibility index (Phi) is 1.57. The Morgan fingerprint density at radius 1 is 1.78 bits per heavy atom. The Labute approximate surface area is 56.6 Å². The highest BCUT2D eigenvalue weighted by atomic mass is 32.2. The third-order valence-corrected chi connectivity index (χ3v) is 3.03. The van der Waals surface area contributed by atoms with E-state index in [4.69, 9.17) is 0 Å². The molecule has 0 N–H and O–H groups in total. The van der Waals surface area contributed by atoms with Gasteiger partial charge in [-0.15, -0.1) is 0 Å². The van der Waals surface area contributed by atoms with Crippen LogP contribution in [0.2, 0.25) is 0 Å². The van der Waals surface area contributed by atoms with E-state index in [0.29, 0.717) is 6.42 Å². The van der Waals surface area contributed by atoms with Crippen molar-refractivity contribution in [3.05, 3.63) is 0 Å². The molecule has 0 saturated carbocycles. The van der Waals surface area contributed by atoms with Crippen LogP contribution >= 0.6 is 0 Å². The van der Waals surface area contributed by atoms with Gasteiger partial charge in [0.15, 0.2) is 0 Å². The van der Waals surface area contributed by atoms with Gasteiger partial charge in [0.1, 0.15) is 11.0 Å². The largest absolute Gasteiger partial charge is 0.274 e. The standard InChI is InChI=1S/C5H9NO2S/c1-4-3-5(7)6(2)9(4)8/h4H,3H2,1-2H3. The molecule has 0 aliphatic carbocycles. The molecule has 1 amide bonds. The molecule has 1 fully saturated rings. The van der Waals surface area contributed by atoms with Crippen LogP contribution in [-0.4, -0.2) is 26.7 Å². The number of hydrogen-bond acceptors (Lipinski definition) is 2. The summed E-state index contributed by atoms with van der Waals surface area (Å²) in [4.78, 5) is 10.7. The first-order chi connectivity index (χ1) is 4.13. The Hall–Kier alpha value is -0.380. The topological polar surface area (TPSA) is 37.4 Å². The van der Waals surface area contributed by atoms with E-state index in [1.165, 1.54) is 4.31 Å². The second-order valence-electron chi connectivity index (χ2n) is 2.18. The second kappa shape index (κ2) is 2.10. The lowest BCUT2D eigenvalue weighted by molar-refractivity contribution is -0.124. The van der Waals surface area contributed by atoms with Crippen molar-refractivity contribution in [3.8, 4) is 0 Å². The Morgan fingerprint density at radius 3 is 2.44 bits per heavy atom. The third-order valence-electron chi connectivity index (χ3n) is 1.43. The van der Waals surface area contributed by atoms with Crippen molar-refractivity contribution in [1.82, 2.24) is 4.31 Å². The smallest absolute Gasteiger partial charge is 0.235 e. The van der Waals surface area contributed by atoms with Crippen molar-refractivity contribution < 1.29 is 9.00 Å². The molecular formula is C5H9NO2S. The van der Waals surface area contributed by atoms with Crippen LogP contribution in [0.5, 0.6) is 0 Å². The van der Waals surface area contributed by atoms with Gasteiger partial charge in [-0.3, -0.25) is 9.10 Å². The van der Waals surface area contributed by atoms with Gasteiger partial charge in [0.05, 0.1) is 5.25 Å². The van der Waals surface area contributed by atoms with Crippen molar-refractivity contribution >= 4 is 16.9 Å². The third kappa shape index (κ3) is 0.986. The molecule has 1 saturated heterocycles. The zero-order valence-electron chi connectivity index (χ0n) is 5.46. The van der Waals surface area contributed by atoms with Crippen LogP contribution in [0.25, 0.3) is 0 Å². The second-order valence-corrected chi connectivity index (χ2v) is 4.09. The number of carbonyl (C=O) groups is 1. The van der Waals surface area contributed by atoms with Crippen molar-refractivity contribution in [2.24, 2.45) is 0 Å². The molecule has 0 bridgehead atoms. The monoisotopic (exact) mass is 147 g/mol. The van der Waals surface area contributed by atoms with Gasteiger partial charge in [-0.1, -0.05) is 0 Å². The average Bonchev–Trinajstić information content (AvgIpc) is 1.98. The molecule has 52 valence electrons. The minimum absolute atomic E-state index is 0.0131. The number of nitrogens with zero attached hydrogens (tertiary/aromatic N) is 1. The highest BCUT2D eigenvalue weighted by Gasteiger charge is 2.30. The van der Waals surface area contributed by atoms with Crippen LogP contribution in [0.15, 0.2) is 0 Å². The molecule has 1 heterocycles. The Balaban J connectivity index is 2.77. The lowest BCUT2D eigenvalue weighted by Crippen LogP contribution is -2.20. The first-order valence-corrected chi connectivity index (χ1v) is 3.97. The number of carbonyl (C=O) groups excluding carboxylic acids is 1. The molecule has 0 aromatic carbocycles. The molecule has 1 rings (SSSR count). The van der Waals surface area contributed by atoms with E-state index >= 15 is 0 Å². The summed E-state index contributed by atoms with van der Waals surface area (Å²) in [7, 11) is 0.513. The molecule has 2 unspecified atom stereocenters. The SMILES string of the molecule is CC1CC(=O)N(C)S1=O. The molecule has 9 heavy (non-hydrogen) atoms. The molecule has 0 aromatic heterocycles.